The zero-order chi connectivity index (χ0) is 20.9. The van der Waals surface area contributed by atoms with Crippen LogP contribution < -0.4 is 18.5 Å². The lowest BCUT2D eigenvalue weighted by Crippen LogP contribution is -2.36. The smallest absolute Gasteiger partial charge is 0.326 e. The summed E-state index contributed by atoms with van der Waals surface area (Å²) in [7, 11) is 0.906. The maximum absolute atomic E-state index is 14.1. The van der Waals surface area contributed by atoms with Gasteiger partial charge >= 0.3 is 5.97 Å². The van der Waals surface area contributed by atoms with Crippen LogP contribution in [-0.4, -0.2) is 49.4 Å². The Morgan fingerprint density at radius 1 is 0.929 bits per heavy atom. The summed E-state index contributed by atoms with van der Waals surface area (Å²) in [5, 5.41) is 0. The molecule has 28 heavy (non-hydrogen) atoms. The van der Waals surface area contributed by atoms with Crippen LogP contribution in [0.2, 0.25) is 0 Å². The molecule has 2 aromatic rings. The van der Waals surface area contributed by atoms with Crippen molar-refractivity contribution in [3.8, 4) is 17.2 Å². The first-order valence-corrected chi connectivity index (χ1v) is 9.37. The molecule has 8 nitrogen and oxygen atoms in total. The van der Waals surface area contributed by atoms with Gasteiger partial charge in [-0.1, -0.05) is 0 Å². The Kier molecular flexibility index (Phi) is 6.68. The normalized spacial score (nSPS) is 10.9. The molecule has 0 aliphatic carbocycles. The fraction of sp³-hybridized carbons (Fsp3) is 0.278. The molecular weight excluding hydrogens is 393 g/mol. The standard InChI is InChI=1S/C18H20FNO7S/c1-24-15-8-6-13(10-14(15)19)28(22,23)20(11-18(21)27-4)12-5-7-16(25-2)17(9-12)26-3/h5-10H,11H2,1-4H3. The number of ether oxygens (including phenoxy) is 4. The van der Waals surface area contributed by atoms with Gasteiger partial charge in [-0.3, -0.25) is 9.10 Å². The first-order valence-electron chi connectivity index (χ1n) is 7.93. The van der Waals surface area contributed by atoms with Crippen molar-refractivity contribution >= 4 is 21.7 Å². The second kappa shape index (κ2) is 8.79. The van der Waals surface area contributed by atoms with Gasteiger partial charge in [0, 0.05) is 6.07 Å². The zero-order valence-corrected chi connectivity index (χ0v) is 16.6. The van der Waals surface area contributed by atoms with Crippen molar-refractivity contribution in [2.75, 3.05) is 39.3 Å². The van der Waals surface area contributed by atoms with Gasteiger partial charge in [-0.15, -0.1) is 0 Å². The van der Waals surface area contributed by atoms with Crippen molar-refractivity contribution in [3.63, 3.8) is 0 Å². The van der Waals surface area contributed by atoms with Crippen molar-refractivity contribution < 1.29 is 36.6 Å². The average molecular weight is 413 g/mol. The molecule has 2 rings (SSSR count). The second-order valence-corrected chi connectivity index (χ2v) is 7.29. The van der Waals surface area contributed by atoms with Gasteiger partial charge in [0.15, 0.2) is 23.1 Å². The number of carbonyl (C=O) groups is 1. The molecule has 2 aromatic carbocycles. The molecule has 10 heteroatoms. The Bertz CT molecular complexity index is 962. The van der Waals surface area contributed by atoms with E-state index in [-0.39, 0.29) is 22.1 Å². The molecule has 0 N–H and O–H groups in total. The van der Waals surface area contributed by atoms with E-state index in [9.17, 15) is 17.6 Å². The highest BCUT2D eigenvalue weighted by atomic mass is 32.2. The van der Waals surface area contributed by atoms with Crippen LogP contribution in [0.5, 0.6) is 17.2 Å². The number of hydrogen-bond acceptors (Lipinski definition) is 7. The molecule has 0 unspecified atom stereocenters. The molecule has 0 spiro atoms. The molecule has 0 amide bonds. The van der Waals surface area contributed by atoms with E-state index in [0.29, 0.717) is 5.75 Å². The van der Waals surface area contributed by atoms with E-state index in [2.05, 4.69) is 4.74 Å². The Labute approximate surface area is 162 Å². The molecular formula is C18H20FNO7S. The number of carbonyl (C=O) groups excluding carboxylic acids is 1. The summed E-state index contributed by atoms with van der Waals surface area (Å²) in [6, 6.07) is 7.50. The number of nitrogens with zero attached hydrogens (tertiary/aromatic N) is 1. The average Bonchev–Trinajstić information content (AvgIpc) is 2.70. The molecule has 0 radical (unpaired) electrons. The minimum atomic E-state index is -4.31. The Hall–Kier alpha value is -3.01. The summed E-state index contributed by atoms with van der Waals surface area (Å²) in [5.74, 6) is -1.13. The van der Waals surface area contributed by atoms with Gasteiger partial charge < -0.3 is 18.9 Å². The highest BCUT2D eigenvalue weighted by Gasteiger charge is 2.29. The highest BCUT2D eigenvalue weighted by Crippen LogP contribution is 2.34. The summed E-state index contributed by atoms with van der Waals surface area (Å²) in [6.45, 7) is -0.623. The van der Waals surface area contributed by atoms with E-state index >= 15 is 0 Å². The number of sulfonamides is 1. The van der Waals surface area contributed by atoms with Crippen LogP contribution in [-0.2, 0) is 19.6 Å². The molecule has 0 heterocycles. The summed E-state index contributed by atoms with van der Waals surface area (Å²) in [5.41, 5.74) is 0.110. The van der Waals surface area contributed by atoms with Crippen LogP contribution in [0.25, 0.3) is 0 Å². The number of benzene rings is 2. The number of anilines is 1. The third-order valence-corrected chi connectivity index (χ3v) is 5.64. The van der Waals surface area contributed by atoms with Gasteiger partial charge in [0.25, 0.3) is 10.0 Å². The lowest BCUT2D eigenvalue weighted by molar-refractivity contribution is -0.138. The Balaban J connectivity index is 2.59. The summed E-state index contributed by atoms with van der Waals surface area (Å²) < 4.78 is 60.8. The molecule has 0 bridgehead atoms. The van der Waals surface area contributed by atoms with Crippen LogP contribution in [0.15, 0.2) is 41.3 Å². The third kappa shape index (κ3) is 4.28. The van der Waals surface area contributed by atoms with Crippen LogP contribution in [0, 0.1) is 5.82 Å². The van der Waals surface area contributed by atoms with Gasteiger partial charge in [-0.05, 0) is 30.3 Å². The molecule has 0 aromatic heterocycles. The van der Waals surface area contributed by atoms with E-state index in [1.54, 1.807) is 0 Å². The number of rotatable bonds is 8. The summed E-state index contributed by atoms with van der Waals surface area (Å²) >= 11 is 0. The fourth-order valence-corrected chi connectivity index (χ4v) is 3.83. The van der Waals surface area contributed by atoms with Gasteiger partial charge in [0.05, 0.1) is 39.0 Å². The molecule has 0 atom stereocenters. The van der Waals surface area contributed by atoms with Crippen LogP contribution in [0.4, 0.5) is 10.1 Å². The number of hydrogen-bond donors (Lipinski definition) is 0. The quantitative estimate of drug-likeness (QED) is 0.613. The van der Waals surface area contributed by atoms with Crippen molar-refractivity contribution in [3.05, 3.63) is 42.2 Å². The van der Waals surface area contributed by atoms with E-state index in [1.165, 1.54) is 51.7 Å². The lowest BCUT2D eigenvalue weighted by atomic mass is 10.2. The fourth-order valence-electron chi connectivity index (χ4n) is 2.41. The van der Waals surface area contributed by atoms with Crippen LogP contribution >= 0.6 is 0 Å². The van der Waals surface area contributed by atoms with Gasteiger partial charge in [-0.25, -0.2) is 12.8 Å². The number of esters is 1. The highest BCUT2D eigenvalue weighted by molar-refractivity contribution is 7.92. The predicted molar refractivity (Wildman–Crippen MR) is 99.0 cm³/mol. The SMILES string of the molecule is COC(=O)CN(c1ccc(OC)c(OC)c1)S(=O)(=O)c1ccc(OC)c(F)c1. The van der Waals surface area contributed by atoms with Crippen molar-refractivity contribution in [1.29, 1.82) is 0 Å². The molecule has 152 valence electrons. The Morgan fingerprint density at radius 2 is 1.54 bits per heavy atom. The van der Waals surface area contributed by atoms with E-state index in [1.807, 2.05) is 0 Å². The predicted octanol–water partition coefficient (Wildman–Crippen LogP) is 2.22. The van der Waals surface area contributed by atoms with E-state index in [0.717, 1.165) is 17.5 Å². The minimum absolute atomic E-state index is 0.107. The monoisotopic (exact) mass is 413 g/mol. The van der Waals surface area contributed by atoms with Crippen LogP contribution in [0.3, 0.4) is 0 Å². The van der Waals surface area contributed by atoms with Crippen molar-refractivity contribution in [2.24, 2.45) is 0 Å². The molecule has 0 fully saturated rings. The van der Waals surface area contributed by atoms with Crippen LogP contribution in [0.1, 0.15) is 0 Å². The van der Waals surface area contributed by atoms with Gasteiger partial charge in [0.2, 0.25) is 0 Å². The van der Waals surface area contributed by atoms with E-state index in [4.69, 9.17) is 14.2 Å². The van der Waals surface area contributed by atoms with E-state index < -0.39 is 28.4 Å². The summed E-state index contributed by atoms with van der Waals surface area (Å²) in [6.07, 6.45) is 0. The maximum Gasteiger partial charge on any atom is 0.326 e. The number of halogens is 1. The van der Waals surface area contributed by atoms with Gasteiger partial charge in [-0.2, -0.15) is 0 Å². The minimum Gasteiger partial charge on any atom is -0.494 e. The third-order valence-electron chi connectivity index (χ3n) is 3.87. The van der Waals surface area contributed by atoms with Crippen molar-refractivity contribution in [1.82, 2.24) is 0 Å². The lowest BCUT2D eigenvalue weighted by Gasteiger charge is -2.24. The topological polar surface area (TPSA) is 91.4 Å². The number of methoxy groups -OCH3 is 4. The first-order chi connectivity index (χ1) is 13.3. The van der Waals surface area contributed by atoms with Crippen molar-refractivity contribution in [2.45, 2.75) is 4.90 Å². The maximum atomic E-state index is 14.1. The first kappa shape index (κ1) is 21.3. The molecule has 0 saturated heterocycles. The molecule has 0 aliphatic heterocycles. The molecule has 0 aliphatic rings. The largest absolute Gasteiger partial charge is 0.494 e. The Morgan fingerprint density at radius 3 is 2.07 bits per heavy atom. The summed E-state index contributed by atoms with van der Waals surface area (Å²) in [4.78, 5) is 11.5. The molecule has 0 saturated carbocycles. The second-order valence-electron chi connectivity index (χ2n) is 5.42. The zero-order valence-electron chi connectivity index (χ0n) is 15.8. The van der Waals surface area contributed by atoms with Gasteiger partial charge in [0.1, 0.15) is 6.54 Å².